The van der Waals surface area contributed by atoms with Gasteiger partial charge in [-0.1, -0.05) is 11.6 Å². The number of hydrogen-bond acceptors (Lipinski definition) is 3. The molecule has 0 atom stereocenters. The van der Waals surface area contributed by atoms with Crippen molar-refractivity contribution >= 4 is 5.69 Å². The third-order valence-electron chi connectivity index (χ3n) is 5.00. The maximum atomic E-state index is 14.1. The van der Waals surface area contributed by atoms with Crippen LogP contribution in [0.1, 0.15) is 18.1 Å². The van der Waals surface area contributed by atoms with Gasteiger partial charge in [0.1, 0.15) is 17.3 Å². The Kier molecular flexibility index (Phi) is 5.73. The fraction of sp³-hybridized carbons (Fsp3) is 0.261. The van der Waals surface area contributed by atoms with Gasteiger partial charge in [0, 0.05) is 44.0 Å². The highest BCUT2D eigenvalue weighted by Crippen LogP contribution is 2.38. The number of anilines is 1. The van der Waals surface area contributed by atoms with Gasteiger partial charge in [-0.15, -0.1) is 0 Å². The number of hydrogen-bond donors (Lipinski definition) is 0. The number of halogens is 2. The Balaban J connectivity index is 2.21. The van der Waals surface area contributed by atoms with Crippen molar-refractivity contribution in [2.24, 2.45) is 7.05 Å². The lowest BCUT2D eigenvalue weighted by Crippen LogP contribution is -2.29. The molecule has 4 nitrogen and oxygen atoms in total. The van der Waals surface area contributed by atoms with Crippen LogP contribution >= 0.6 is 0 Å². The summed E-state index contributed by atoms with van der Waals surface area (Å²) in [6.07, 6.45) is 1.76. The molecule has 1 heterocycles. The molecule has 0 aliphatic heterocycles. The van der Waals surface area contributed by atoms with Gasteiger partial charge in [-0.2, -0.15) is 0 Å². The average molecular weight is 398 g/mol. The zero-order chi connectivity index (χ0) is 21.3. The predicted octanol–water partition coefficient (Wildman–Crippen LogP) is 5.20. The second kappa shape index (κ2) is 8.07. The number of aryl methyl sites for hydroxylation is 2. The molecule has 1 aromatic heterocycles. The first-order valence-electron chi connectivity index (χ1n) is 9.38. The van der Waals surface area contributed by atoms with Gasteiger partial charge in [0.25, 0.3) is 5.56 Å². The van der Waals surface area contributed by atoms with Gasteiger partial charge in [-0.25, -0.2) is 8.78 Å². The first-order chi connectivity index (χ1) is 13.7. The highest BCUT2D eigenvalue weighted by molar-refractivity contribution is 5.78. The molecule has 0 spiro atoms. The van der Waals surface area contributed by atoms with Crippen LogP contribution < -0.4 is 15.2 Å². The number of aromatic nitrogens is 1. The van der Waals surface area contributed by atoms with E-state index < -0.39 is 11.6 Å². The van der Waals surface area contributed by atoms with E-state index in [0.29, 0.717) is 18.0 Å². The SMILES string of the molecule is CCN(C)c1c(C)c(-c2cc(C)ccc2Oc2ccc(F)cc2F)cn(C)c1=O. The summed E-state index contributed by atoms with van der Waals surface area (Å²) in [6, 6.07) is 8.74. The van der Waals surface area contributed by atoms with E-state index in [1.807, 2.05) is 44.9 Å². The molecule has 0 radical (unpaired) electrons. The molecule has 0 aliphatic rings. The van der Waals surface area contributed by atoms with E-state index in [1.165, 1.54) is 10.6 Å². The topological polar surface area (TPSA) is 34.5 Å². The van der Waals surface area contributed by atoms with Gasteiger partial charge >= 0.3 is 0 Å². The first kappa shape index (κ1) is 20.6. The maximum absolute atomic E-state index is 14.1. The molecule has 3 aromatic rings. The fourth-order valence-corrected chi connectivity index (χ4v) is 3.30. The van der Waals surface area contributed by atoms with Crippen LogP contribution in [0.25, 0.3) is 11.1 Å². The summed E-state index contributed by atoms with van der Waals surface area (Å²) in [7, 11) is 3.57. The van der Waals surface area contributed by atoms with Crippen molar-refractivity contribution < 1.29 is 13.5 Å². The summed E-state index contributed by atoms with van der Waals surface area (Å²) in [6.45, 7) is 6.49. The molecule has 0 bridgehead atoms. The Morgan fingerprint density at radius 2 is 1.72 bits per heavy atom. The number of benzene rings is 2. The van der Waals surface area contributed by atoms with Crippen LogP contribution in [0.3, 0.4) is 0 Å². The Hall–Kier alpha value is -3.15. The van der Waals surface area contributed by atoms with E-state index in [2.05, 4.69) is 0 Å². The summed E-state index contributed by atoms with van der Waals surface area (Å²) in [5.41, 5.74) is 3.86. The fourth-order valence-electron chi connectivity index (χ4n) is 3.30. The van der Waals surface area contributed by atoms with Crippen LogP contribution in [0.4, 0.5) is 14.5 Å². The number of rotatable bonds is 5. The second-order valence-corrected chi connectivity index (χ2v) is 7.12. The minimum atomic E-state index is -0.778. The molecule has 0 unspecified atom stereocenters. The first-order valence-corrected chi connectivity index (χ1v) is 9.38. The molecule has 152 valence electrons. The molecule has 0 saturated heterocycles. The standard InChI is InChI=1S/C23H24F2N2O2/c1-6-26(4)22-15(3)18(13-27(5)23(22)28)17-11-14(2)7-9-20(17)29-21-10-8-16(24)12-19(21)25/h7-13H,6H2,1-5H3. The third kappa shape index (κ3) is 4.01. The van der Waals surface area contributed by atoms with Crippen molar-refractivity contribution in [2.45, 2.75) is 20.8 Å². The average Bonchev–Trinajstić information content (AvgIpc) is 2.68. The van der Waals surface area contributed by atoms with Crippen molar-refractivity contribution in [3.63, 3.8) is 0 Å². The third-order valence-corrected chi connectivity index (χ3v) is 5.00. The zero-order valence-corrected chi connectivity index (χ0v) is 17.2. The van der Waals surface area contributed by atoms with Crippen molar-refractivity contribution in [1.29, 1.82) is 0 Å². The number of pyridine rings is 1. The summed E-state index contributed by atoms with van der Waals surface area (Å²) >= 11 is 0. The zero-order valence-electron chi connectivity index (χ0n) is 17.2. The number of ether oxygens (including phenoxy) is 1. The molecule has 3 rings (SSSR count). The Bertz CT molecular complexity index is 1120. The van der Waals surface area contributed by atoms with Crippen molar-refractivity contribution in [3.05, 3.63) is 75.7 Å². The van der Waals surface area contributed by atoms with Gasteiger partial charge in [0.2, 0.25) is 0 Å². The van der Waals surface area contributed by atoms with Crippen LogP contribution in [-0.4, -0.2) is 18.2 Å². The lowest BCUT2D eigenvalue weighted by Gasteiger charge is -2.22. The Morgan fingerprint density at radius 1 is 1.03 bits per heavy atom. The predicted molar refractivity (Wildman–Crippen MR) is 112 cm³/mol. The molecule has 29 heavy (non-hydrogen) atoms. The van der Waals surface area contributed by atoms with Crippen LogP contribution in [0.5, 0.6) is 11.5 Å². The van der Waals surface area contributed by atoms with E-state index in [1.54, 1.807) is 19.3 Å². The molecule has 2 aromatic carbocycles. The second-order valence-electron chi connectivity index (χ2n) is 7.12. The summed E-state index contributed by atoms with van der Waals surface area (Å²) in [5.74, 6) is -1.09. The van der Waals surface area contributed by atoms with Gasteiger partial charge in [-0.05, 0) is 50.6 Å². The largest absolute Gasteiger partial charge is 0.454 e. The Labute approximate surface area is 169 Å². The minimum absolute atomic E-state index is 0.0649. The minimum Gasteiger partial charge on any atom is -0.454 e. The van der Waals surface area contributed by atoms with Crippen molar-refractivity contribution in [2.75, 3.05) is 18.5 Å². The quantitative estimate of drug-likeness (QED) is 0.593. The lowest BCUT2D eigenvalue weighted by molar-refractivity contribution is 0.439. The maximum Gasteiger partial charge on any atom is 0.274 e. The Morgan fingerprint density at radius 3 is 2.38 bits per heavy atom. The van der Waals surface area contributed by atoms with Crippen molar-refractivity contribution in [3.8, 4) is 22.6 Å². The highest BCUT2D eigenvalue weighted by atomic mass is 19.1. The van der Waals surface area contributed by atoms with E-state index in [0.717, 1.165) is 34.4 Å². The van der Waals surface area contributed by atoms with Gasteiger partial charge in [0.05, 0.1) is 0 Å². The molecule has 0 aliphatic carbocycles. The summed E-state index contributed by atoms with van der Waals surface area (Å²) in [4.78, 5) is 14.6. The van der Waals surface area contributed by atoms with E-state index >= 15 is 0 Å². The molecule has 6 heteroatoms. The molecule has 0 amide bonds. The highest BCUT2D eigenvalue weighted by Gasteiger charge is 2.19. The summed E-state index contributed by atoms with van der Waals surface area (Å²) < 4.78 is 34.7. The van der Waals surface area contributed by atoms with Crippen LogP contribution in [-0.2, 0) is 7.05 Å². The van der Waals surface area contributed by atoms with Crippen molar-refractivity contribution in [1.82, 2.24) is 4.57 Å². The smallest absolute Gasteiger partial charge is 0.274 e. The van der Waals surface area contributed by atoms with Crippen LogP contribution in [0, 0.1) is 25.5 Å². The van der Waals surface area contributed by atoms with E-state index in [4.69, 9.17) is 4.74 Å². The molecule has 0 saturated carbocycles. The van der Waals surface area contributed by atoms with Gasteiger partial charge in [-0.3, -0.25) is 4.79 Å². The summed E-state index contributed by atoms with van der Waals surface area (Å²) in [5, 5.41) is 0. The molecular weight excluding hydrogens is 374 g/mol. The van der Waals surface area contributed by atoms with E-state index in [-0.39, 0.29) is 11.3 Å². The molecule has 0 fully saturated rings. The van der Waals surface area contributed by atoms with Crippen LogP contribution in [0.15, 0.2) is 47.4 Å². The normalized spacial score (nSPS) is 10.9. The molecular formula is C23H24F2N2O2. The lowest BCUT2D eigenvalue weighted by atomic mass is 9.98. The van der Waals surface area contributed by atoms with Gasteiger partial charge < -0.3 is 14.2 Å². The van der Waals surface area contributed by atoms with Gasteiger partial charge in [0.15, 0.2) is 11.6 Å². The monoisotopic (exact) mass is 398 g/mol. The van der Waals surface area contributed by atoms with Crippen LogP contribution in [0.2, 0.25) is 0 Å². The molecule has 0 N–H and O–H groups in total. The van der Waals surface area contributed by atoms with E-state index in [9.17, 15) is 13.6 Å². The number of nitrogens with zero attached hydrogens (tertiary/aromatic N) is 2.